The van der Waals surface area contributed by atoms with Gasteiger partial charge in [0, 0.05) is 29.8 Å². The van der Waals surface area contributed by atoms with Crippen molar-refractivity contribution in [1.29, 1.82) is 5.26 Å². The number of rotatable bonds is 6. The van der Waals surface area contributed by atoms with E-state index in [1.54, 1.807) is 18.1 Å². The topological polar surface area (TPSA) is 115 Å². The third-order valence-electron chi connectivity index (χ3n) is 7.84. The number of hydrogen-bond acceptors (Lipinski definition) is 5. The molecule has 8 nitrogen and oxygen atoms in total. The van der Waals surface area contributed by atoms with Gasteiger partial charge in [-0.25, -0.2) is 0 Å². The van der Waals surface area contributed by atoms with E-state index in [2.05, 4.69) is 37.1 Å². The van der Waals surface area contributed by atoms with Crippen LogP contribution in [0.1, 0.15) is 69.8 Å². The molecule has 2 aliphatic rings. The number of carbonyl (C=O) groups is 3. The zero-order chi connectivity index (χ0) is 26.0. The molecule has 0 bridgehead atoms. The Labute approximate surface area is 212 Å². The van der Waals surface area contributed by atoms with Crippen LogP contribution in [0.3, 0.4) is 0 Å². The molecule has 2 amide bonds. The minimum absolute atomic E-state index is 0.0968. The van der Waals surface area contributed by atoms with Gasteiger partial charge in [0.15, 0.2) is 0 Å². The number of hydrogen-bond donors (Lipinski definition) is 2. The molecule has 1 aromatic carbocycles. The van der Waals surface area contributed by atoms with Crippen LogP contribution in [0.5, 0.6) is 5.75 Å². The maximum atomic E-state index is 13.7. The number of methoxy groups -OCH3 is 1. The molecule has 1 aromatic heterocycles. The average molecular weight is 493 g/mol. The van der Waals surface area contributed by atoms with Crippen molar-refractivity contribution in [2.24, 2.45) is 17.3 Å². The summed E-state index contributed by atoms with van der Waals surface area (Å²) in [5.74, 6) is 0.190. The van der Waals surface area contributed by atoms with Crippen molar-refractivity contribution in [3.05, 3.63) is 30.0 Å². The lowest BCUT2D eigenvalue weighted by Gasteiger charge is -2.27. The van der Waals surface area contributed by atoms with Gasteiger partial charge in [0.05, 0.1) is 13.2 Å². The van der Waals surface area contributed by atoms with Gasteiger partial charge in [0.25, 0.3) is 5.91 Å². The molecular formula is C28H36N4O4. The fourth-order valence-electron chi connectivity index (χ4n) is 5.51. The number of Topliss-reactive ketones (excluding diaryl/α,β-unsaturated/α-hetero) is 1. The highest BCUT2D eigenvalue weighted by Gasteiger charge is 2.44. The van der Waals surface area contributed by atoms with E-state index < -0.39 is 12.1 Å². The number of benzene rings is 1. The van der Waals surface area contributed by atoms with Crippen LogP contribution in [0.4, 0.5) is 0 Å². The Bertz CT molecular complexity index is 1190. The number of nitrogens with one attached hydrogen (secondary N) is 2. The van der Waals surface area contributed by atoms with Gasteiger partial charge >= 0.3 is 0 Å². The highest BCUT2D eigenvalue weighted by Crippen LogP contribution is 2.38. The molecule has 1 saturated carbocycles. The van der Waals surface area contributed by atoms with Crippen molar-refractivity contribution in [2.45, 2.75) is 71.4 Å². The summed E-state index contributed by atoms with van der Waals surface area (Å²) in [4.78, 5) is 44.2. The second kappa shape index (κ2) is 10.3. The molecular weight excluding hydrogens is 456 g/mol. The minimum atomic E-state index is -0.757. The van der Waals surface area contributed by atoms with Crippen molar-refractivity contribution in [2.75, 3.05) is 13.7 Å². The molecule has 1 saturated heterocycles. The lowest BCUT2D eigenvalue weighted by molar-refractivity contribution is -0.127. The smallest absolute Gasteiger partial charge is 0.270 e. The summed E-state index contributed by atoms with van der Waals surface area (Å²) in [7, 11) is 1.59. The second-order valence-electron chi connectivity index (χ2n) is 11.2. The number of aromatic nitrogens is 1. The van der Waals surface area contributed by atoms with Crippen LogP contribution in [0.2, 0.25) is 0 Å². The molecule has 192 valence electrons. The number of nitriles is 1. The van der Waals surface area contributed by atoms with Crippen molar-refractivity contribution >= 4 is 28.5 Å². The molecule has 1 aliphatic carbocycles. The summed E-state index contributed by atoms with van der Waals surface area (Å²) in [5.41, 5.74) is 1.08. The Morgan fingerprint density at radius 3 is 2.75 bits per heavy atom. The van der Waals surface area contributed by atoms with Crippen molar-refractivity contribution in [1.82, 2.24) is 15.2 Å². The molecule has 4 rings (SSSR count). The number of fused-ring (bicyclic) bond motifs is 1. The Hall–Kier alpha value is -3.34. The predicted octanol–water partition coefficient (Wildman–Crippen LogP) is 4.21. The molecule has 1 aliphatic heterocycles. The van der Waals surface area contributed by atoms with E-state index in [1.807, 2.05) is 18.2 Å². The number of ketones is 1. The Morgan fingerprint density at radius 2 is 2.08 bits per heavy atom. The number of nitrogens with zero attached hydrogens (tertiary/aromatic N) is 2. The summed E-state index contributed by atoms with van der Waals surface area (Å²) in [6.07, 6.45) is 4.01. The zero-order valence-corrected chi connectivity index (χ0v) is 21.6. The number of carbonyl (C=O) groups excluding carboxylic acids is 3. The SMILES string of the molecule is COc1cccc2[nH]c(C(=O)N3CC(C(C)(C)C)CC3C(=O)NC(C#N)CC3CCCCC3=O)cc12. The van der Waals surface area contributed by atoms with Crippen LogP contribution < -0.4 is 10.1 Å². The van der Waals surface area contributed by atoms with E-state index in [0.717, 1.165) is 30.2 Å². The molecule has 0 spiro atoms. The number of amides is 2. The molecule has 2 N–H and O–H groups in total. The van der Waals surface area contributed by atoms with Gasteiger partial charge in [-0.15, -0.1) is 0 Å². The largest absolute Gasteiger partial charge is 0.496 e. The lowest BCUT2D eigenvalue weighted by Crippen LogP contribution is -2.49. The Morgan fingerprint density at radius 1 is 1.31 bits per heavy atom. The number of likely N-dealkylation sites (tertiary alicyclic amines) is 1. The first-order valence-corrected chi connectivity index (χ1v) is 12.8. The first-order chi connectivity index (χ1) is 17.1. The summed E-state index contributed by atoms with van der Waals surface area (Å²) in [5, 5.41) is 13.4. The standard InChI is InChI=1S/C28H36N4O4/c1-28(2,3)18-13-23(26(34)30-19(15-29)12-17-8-5-6-10-24(17)33)32(16-18)27(35)22-14-20-21(31-22)9-7-11-25(20)36-4/h7,9,11,14,17-19,23,31H,5-6,8,10,12-13,16H2,1-4H3,(H,30,34). The van der Waals surface area contributed by atoms with Crippen LogP contribution in [0, 0.1) is 28.6 Å². The van der Waals surface area contributed by atoms with E-state index in [9.17, 15) is 19.6 Å². The predicted molar refractivity (Wildman–Crippen MR) is 136 cm³/mol. The van der Waals surface area contributed by atoms with E-state index in [0.29, 0.717) is 37.3 Å². The third kappa shape index (κ3) is 5.25. The summed E-state index contributed by atoms with van der Waals surface area (Å²) < 4.78 is 5.43. The molecule has 4 atom stereocenters. The molecule has 8 heteroatoms. The molecule has 0 radical (unpaired) electrons. The molecule has 2 heterocycles. The van der Waals surface area contributed by atoms with Crippen molar-refractivity contribution < 1.29 is 19.1 Å². The van der Waals surface area contributed by atoms with E-state index in [-0.39, 0.29) is 34.8 Å². The highest BCUT2D eigenvalue weighted by molar-refractivity contribution is 6.01. The van der Waals surface area contributed by atoms with E-state index in [1.165, 1.54) is 0 Å². The van der Waals surface area contributed by atoms with E-state index in [4.69, 9.17) is 4.74 Å². The average Bonchev–Trinajstić information content (AvgIpc) is 3.49. The minimum Gasteiger partial charge on any atom is -0.496 e. The maximum absolute atomic E-state index is 13.7. The van der Waals surface area contributed by atoms with Crippen molar-refractivity contribution in [3.63, 3.8) is 0 Å². The van der Waals surface area contributed by atoms with Gasteiger partial charge in [-0.1, -0.05) is 33.3 Å². The third-order valence-corrected chi connectivity index (χ3v) is 7.84. The fourth-order valence-corrected chi connectivity index (χ4v) is 5.51. The number of ether oxygens (including phenoxy) is 1. The zero-order valence-electron chi connectivity index (χ0n) is 21.6. The van der Waals surface area contributed by atoms with Gasteiger partial charge < -0.3 is 19.9 Å². The molecule has 2 aromatic rings. The van der Waals surface area contributed by atoms with Gasteiger partial charge in [-0.05, 0) is 55.2 Å². The summed E-state index contributed by atoms with van der Waals surface area (Å²) in [6.45, 7) is 6.79. The van der Waals surface area contributed by atoms with Gasteiger partial charge in [0.2, 0.25) is 5.91 Å². The molecule has 2 fully saturated rings. The second-order valence-corrected chi connectivity index (χ2v) is 11.2. The number of aromatic amines is 1. The molecule has 36 heavy (non-hydrogen) atoms. The van der Waals surface area contributed by atoms with Crippen LogP contribution in [0.15, 0.2) is 24.3 Å². The Balaban J connectivity index is 1.55. The highest BCUT2D eigenvalue weighted by atomic mass is 16.5. The fraction of sp³-hybridized carbons (Fsp3) is 0.571. The Kier molecular flexibility index (Phi) is 7.39. The molecule has 4 unspecified atom stereocenters. The van der Waals surface area contributed by atoms with Gasteiger partial charge in [0.1, 0.15) is 29.3 Å². The normalized spacial score (nSPS) is 23.4. The van der Waals surface area contributed by atoms with Crippen LogP contribution >= 0.6 is 0 Å². The summed E-state index contributed by atoms with van der Waals surface area (Å²) >= 11 is 0. The van der Waals surface area contributed by atoms with Gasteiger partial charge in [-0.2, -0.15) is 5.26 Å². The monoisotopic (exact) mass is 492 g/mol. The first-order valence-electron chi connectivity index (χ1n) is 12.8. The quantitative estimate of drug-likeness (QED) is 0.627. The van der Waals surface area contributed by atoms with Crippen LogP contribution in [0.25, 0.3) is 10.9 Å². The maximum Gasteiger partial charge on any atom is 0.270 e. The van der Waals surface area contributed by atoms with Crippen molar-refractivity contribution in [3.8, 4) is 11.8 Å². The lowest BCUT2D eigenvalue weighted by atomic mass is 9.79. The first kappa shape index (κ1) is 25.7. The van der Waals surface area contributed by atoms with E-state index >= 15 is 0 Å². The number of H-pyrrole nitrogens is 1. The van der Waals surface area contributed by atoms with Crippen LogP contribution in [-0.4, -0.2) is 53.2 Å². The van der Waals surface area contributed by atoms with Crippen LogP contribution in [-0.2, 0) is 9.59 Å². The summed E-state index contributed by atoms with van der Waals surface area (Å²) in [6, 6.07) is 8.06. The van der Waals surface area contributed by atoms with Gasteiger partial charge in [-0.3, -0.25) is 14.4 Å².